The third-order valence-electron chi connectivity index (χ3n) is 2.57. The molecule has 0 radical (unpaired) electrons. The van der Waals surface area contributed by atoms with Crippen LogP contribution in [0.1, 0.15) is 13.0 Å². The number of rotatable bonds is 2. The van der Waals surface area contributed by atoms with Crippen LogP contribution < -0.4 is 4.74 Å². The van der Waals surface area contributed by atoms with Gasteiger partial charge >= 0.3 is 0 Å². The van der Waals surface area contributed by atoms with Crippen LogP contribution in [0.15, 0.2) is 21.5 Å². The number of phenolic OH excluding ortho intramolecular Hbond substituents is 1. The van der Waals surface area contributed by atoms with Crippen LogP contribution in [0.5, 0.6) is 11.5 Å². The molecule has 20 heavy (non-hydrogen) atoms. The smallest absolute Gasteiger partial charge is 0.293 e. The number of carbonyl (C=O) groups is 2. The van der Waals surface area contributed by atoms with Gasteiger partial charge in [-0.3, -0.25) is 14.5 Å². The van der Waals surface area contributed by atoms with E-state index in [4.69, 9.17) is 4.74 Å². The van der Waals surface area contributed by atoms with Crippen LogP contribution in [-0.4, -0.2) is 35.3 Å². The van der Waals surface area contributed by atoms with E-state index in [0.717, 1.165) is 16.7 Å². The second-order valence-electron chi connectivity index (χ2n) is 3.79. The lowest BCUT2D eigenvalue weighted by molar-refractivity contribution is -0.121. The van der Waals surface area contributed by atoms with Gasteiger partial charge in [-0.05, 0) is 35.5 Å². The summed E-state index contributed by atoms with van der Waals surface area (Å²) in [7, 11) is 2.87. The van der Waals surface area contributed by atoms with Crippen molar-refractivity contribution in [1.82, 2.24) is 4.90 Å². The number of methoxy groups -OCH3 is 1. The Bertz CT molecular complexity index is 600. The van der Waals surface area contributed by atoms with E-state index in [9.17, 15) is 14.7 Å². The number of phenols is 1. The molecule has 5 nitrogen and oxygen atoms in total. The summed E-state index contributed by atoms with van der Waals surface area (Å²) in [4.78, 5) is 24.6. The van der Waals surface area contributed by atoms with Gasteiger partial charge in [-0.25, -0.2) is 0 Å². The highest BCUT2D eigenvalue weighted by Gasteiger charge is 2.31. The van der Waals surface area contributed by atoms with Crippen molar-refractivity contribution >= 4 is 44.9 Å². The van der Waals surface area contributed by atoms with E-state index < -0.39 is 0 Å². The summed E-state index contributed by atoms with van der Waals surface area (Å²) in [6.07, 6.45) is 1.58. The number of thioether (sulfide) groups is 1. The lowest BCUT2D eigenvalue weighted by Gasteiger charge is -2.07. The van der Waals surface area contributed by atoms with Crippen molar-refractivity contribution in [2.24, 2.45) is 0 Å². The Morgan fingerprint density at radius 2 is 2.05 bits per heavy atom. The molecule has 0 saturated carbocycles. The molecule has 1 aromatic rings. The van der Waals surface area contributed by atoms with E-state index in [-0.39, 0.29) is 24.3 Å². The van der Waals surface area contributed by atoms with Crippen LogP contribution in [-0.2, 0) is 4.79 Å². The average Bonchev–Trinajstić information content (AvgIpc) is 2.60. The molecule has 1 saturated heterocycles. The Hall–Kier alpha value is -1.47. The highest BCUT2D eigenvalue weighted by Crippen LogP contribution is 2.36. The quantitative estimate of drug-likeness (QED) is 0.818. The van der Waals surface area contributed by atoms with E-state index in [1.54, 1.807) is 12.1 Å². The number of benzene rings is 1. The molecule has 0 atom stereocenters. The fourth-order valence-electron chi connectivity index (χ4n) is 1.52. The normalized spacial score (nSPS) is 16.6. The van der Waals surface area contributed by atoms with E-state index >= 15 is 0 Å². The molecule has 1 aromatic carbocycles. The van der Waals surface area contributed by atoms with Crippen molar-refractivity contribution in [1.29, 1.82) is 0 Å². The third-order valence-corrected chi connectivity index (χ3v) is 4.22. The Kier molecular flexibility index (Phi) is 5.24. The summed E-state index contributed by atoms with van der Waals surface area (Å²) in [6, 6.07) is 3.06. The number of hydrogen-bond acceptors (Lipinski definition) is 5. The molecular formula is C13H14BrNO4S. The molecule has 0 bridgehead atoms. The van der Waals surface area contributed by atoms with Gasteiger partial charge in [-0.15, -0.1) is 0 Å². The minimum atomic E-state index is -0.339. The van der Waals surface area contributed by atoms with Gasteiger partial charge in [-0.2, -0.15) is 0 Å². The first kappa shape index (κ1) is 16.6. The van der Waals surface area contributed by atoms with Crippen LogP contribution in [0.2, 0.25) is 0 Å². The Morgan fingerprint density at radius 1 is 1.40 bits per heavy atom. The summed E-state index contributed by atoms with van der Waals surface area (Å²) in [6.45, 7) is 0. The molecule has 2 amide bonds. The molecule has 1 aliphatic rings. The second kappa shape index (κ2) is 6.32. The lowest BCUT2D eigenvalue weighted by atomic mass is 10.2. The highest BCUT2D eigenvalue weighted by molar-refractivity contribution is 9.10. The first-order chi connectivity index (χ1) is 8.93. The second-order valence-corrected chi connectivity index (χ2v) is 5.63. The first-order valence-electron chi connectivity index (χ1n) is 5.22. The number of likely N-dealkylation sites (N-methyl/N-ethyl adjacent to an activating group) is 1. The fourth-order valence-corrected chi connectivity index (χ4v) is 2.78. The molecule has 2 rings (SSSR count). The molecule has 1 heterocycles. The summed E-state index contributed by atoms with van der Waals surface area (Å²) >= 11 is 4.17. The first-order valence-corrected chi connectivity index (χ1v) is 6.83. The van der Waals surface area contributed by atoms with Crippen molar-refractivity contribution < 1.29 is 19.4 Å². The largest absolute Gasteiger partial charge is 0.504 e. The summed E-state index contributed by atoms with van der Waals surface area (Å²) < 4.78 is 5.61. The van der Waals surface area contributed by atoms with Crippen LogP contribution in [0.4, 0.5) is 4.79 Å². The zero-order valence-electron chi connectivity index (χ0n) is 10.1. The molecule has 1 aliphatic heterocycles. The van der Waals surface area contributed by atoms with Gasteiger partial charge in [0, 0.05) is 11.5 Å². The molecule has 0 aromatic heterocycles. The maximum Gasteiger partial charge on any atom is 0.293 e. The number of imide groups is 1. The number of hydrogen-bond donors (Lipinski definition) is 1. The van der Waals surface area contributed by atoms with Crippen molar-refractivity contribution in [3.63, 3.8) is 0 Å². The summed E-state index contributed by atoms with van der Waals surface area (Å²) in [5.41, 5.74) is 0.647. The average molecular weight is 360 g/mol. The minimum absolute atomic E-state index is 0. The van der Waals surface area contributed by atoms with Crippen molar-refractivity contribution in [2.45, 2.75) is 7.43 Å². The van der Waals surface area contributed by atoms with E-state index in [2.05, 4.69) is 15.9 Å². The maximum absolute atomic E-state index is 11.8. The molecule has 0 aliphatic carbocycles. The molecule has 1 fully saturated rings. The molecule has 7 heteroatoms. The number of ether oxygens (including phenoxy) is 1. The number of nitrogens with zero attached hydrogens (tertiary/aromatic N) is 1. The van der Waals surface area contributed by atoms with Crippen LogP contribution >= 0.6 is 27.7 Å². The standard InChI is InChI=1S/C12H10BrNO4S.CH4/c1-14-11(16)10(19-12(14)17)4-6-3-9(18-2)8(15)5-7(6)13;/h3-5,15H,1-2H3;1H4/b10-4-;. The third kappa shape index (κ3) is 2.99. The van der Waals surface area contributed by atoms with Crippen LogP contribution in [0.25, 0.3) is 6.08 Å². The molecule has 108 valence electrons. The molecule has 1 N–H and O–H groups in total. The Morgan fingerprint density at radius 3 is 2.55 bits per heavy atom. The zero-order chi connectivity index (χ0) is 14.2. The number of halogens is 1. The topological polar surface area (TPSA) is 66.8 Å². The van der Waals surface area contributed by atoms with Gasteiger partial charge in [-0.1, -0.05) is 23.4 Å². The zero-order valence-corrected chi connectivity index (χ0v) is 12.5. The minimum Gasteiger partial charge on any atom is -0.504 e. The van der Waals surface area contributed by atoms with E-state index in [1.165, 1.54) is 20.2 Å². The summed E-state index contributed by atoms with van der Waals surface area (Å²) in [5.74, 6) is -0.0470. The monoisotopic (exact) mass is 359 g/mol. The highest BCUT2D eigenvalue weighted by atomic mass is 79.9. The fraction of sp³-hybridized carbons (Fsp3) is 0.231. The predicted molar refractivity (Wildman–Crippen MR) is 82.8 cm³/mol. The van der Waals surface area contributed by atoms with Crippen LogP contribution in [0.3, 0.4) is 0 Å². The SMILES string of the molecule is C.COc1cc(/C=C2\SC(=O)N(C)C2=O)c(Br)cc1O. The van der Waals surface area contributed by atoms with Gasteiger partial charge in [0.15, 0.2) is 11.5 Å². The van der Waals surface area contributed by atoms with E-state index in [1.807, 2.05) is 0 Å². The van der Waals surface area contributed by atoms with Crippen molar-refractivity contribution in [3.05, 3.63) is 27.1 Å². The predicted octanol–water partition coefficient (Wildman–Crippen LogP) is 3.47. The lowest BCUT2D eigenvalue weighted by Crippen LogP contribution is -2.22. The van der Waals surface area contributed by atoms with Gasteiger partial charge < -0.3 is 9.84 Å². The Labute approximate surface area is 129 Å². The molecular weight excluding hydrogens is 346 g/mol. The number of amides is 2. The van der Waals surface area contributed by atoms with Gasteiger partial charge in [0.1, 0.15) is 0 Å². The van der Waals surface area contributed by atoms with Gasteiger partial charge in [0.2, 0.25) is 0 Å². The van der Waals surface area contributed by atoms with Crippen LogP contribution in [0, 0.1) is 0 Å². The van der Waals surface area contributed by atoms with Gasteiger partial charge in [0.05, 0.1) is 12.0 Å². The molecule has 0 unspecified atom stereocenters. The molecule has 0 spiro atoms. The number of carbonyl (C=O) groups excluding carboxylic acids is 2. The van der Waals surface area contributed by atoms with Crippen molar-refractivity contribution in [3.8, 4) is 11.5 Å². The van der Waals surface area contributed by atoms with Crippen molar-refractivity contribution in [2.75, 3.05) is 14.2 Å². The van der Waals surface area contributed by atoms with Gasteiger partial charge in [0.25, 0.3) is 11.1 Å². The summed E-state index contributed by atoms with van der Waals surface area (Å²) in [5, 5.41) is 9.30. The number of aromatic hydroxyl groups is 1. The maximum atomic E-state index is 11.8. The Balaban J connectivity index is 0.00000200. The van der Waals surface area contributed by atoms with E-state index in [0.29, 0.717) is 20.7 Å².